The lowest BCUT2D eigenvalue weighted by atomic mass is 13.9. The zero-order chi connectivity index (χ0) is 6.78. The van der Waals surface area contributed by atoms with Crippen LogP contribution in [-0.2, 0) is 15.1 Å². The molecule has 0 aromatic carbocycles. The van der Waals surface area contributed by atoms with Gasteiger partial charge in [0.05, 0.1) is 0 Å². The normalized spacial score (nSPS) is 10.8. The van der Waals surface area contributed by atoms with Crippen molar-refractivity contribution in [3.63, 3.8) is 0 Å². The van der Waals surface area contributed by atoms with Gasteiger partial charge in [-0.15, -0.1) is 0 Å². The molecule has 0 saturated heterocycles. The number of rotatable bonds is 1. The van der Waals surface area contributed by atoms with Crippen molar-refractivity contribution in [1.29, 1.82) is 0 Å². The van der Waals surface area contributed by atoms with Gasteiger partial charge in [-0.1, -0.05) is 4.13 Å². The Hall–Kier alpha value is 0.430. The lowest BCUT2D eigenvalue weighted by Crippen LogP contribution is -1.50. The van der Waals surface area contributed by atoms with Gasteiger partial charge in [0.25, 0.3) is 0 Å². The Morgan fingerprint density at radius 2 is 1.75 bits per heavy atom. The summed E-state index contributed by atoms with van der Waals surface area (Å²) in [7, 11) is -2.79. The van der Waals surface area contributed by atoms with E-state index in [2.05, 4.69) is 26.6 Å². The zero-order valence-corrected chi connectivity index (χ0v) is 6.51. The van der Waals surface area contributed by atoms with Crippen molar-refractivity contribution in [2.45, 2.75) is 0 Å². The van der Waals surface area contributed by atoms with E-state index in [0.29, 0.717) is 0 Å². The van der Waals surface area contributed by atoms with Crippen LogP contribution in [0.15, 0.2) is 4.13 Å². The van der Waals surface area contributed by atoms with Crippen LogP contribution < -0.4 is 0 Å². The van der Waals surface area contributed by atoms with Crippen molar-refractivity contribution in [3.05, 3.63) is 0 Å². The average molecular weight is 196 g/mol. The van der Waals surface area contributed by atoms with Gasteiger partial charge < -0.3 is 0 Å². The highest BCUT2D eigenvalue weighted by Gasteiger charge is 2.10. The molecule has 0 N–H and O–H groups in total. The van der Waals surface area contributed by atoms with Gasteiger partial charge in [0.15, 0.2) is 0 Å². The Labute approximate surface area is 56.5 Å². The van der Waals surface area contributed by atoms with E-state index < -0.39 is 16.5 Å². The van der Waals surface area contributed by atoms with Gasteiger partial charge in [0, 0.05) is 0 Å². The predicted molar refractivity (Wildman–Crippen MR) is 30.7 cm³/mol. The van der Waals surface area contributed by atoms with E-state index in [0.717, 1.165) is 0 Å². The molecule has 0 aliphatic carbocycles. The summed E-state index contributed by atoms with van der Waals surface area (Å²) in [6.07, 6.45) is 0. The van der Waals surface area contributed by atoms with Gasteiger partial charge >= 0.3 is 16.5 Å². The van der Waals surface area contributed by atoms with Crippen molar-refractivity contribution in [2.24, 2.45) is 4.13 Å². The van der Waals surface area contributed by atoms with Crippen LogP contribution in [0, 0.1) is 0 Å². The first-order valence-electron chi connectivity index (χ1n) is 1.24. The number of halogens is 2. The third-order valence-corrected chi connectivity index (χ3v) is 2.57. The molecule has 0 spiro atoms. The molecule has 0 fully saturated rings. The van der Waals surface area contributed by atoms with Crippen LogP contribution in [-0.4, -0.2) is 8.42 Å². The zero-order valence-electron chi connectivity index (χ0n) is 3.28. The molecule has 0 aromatic rings. The van der Waals surface area contributed by atoms with Crippen molar-refractivity contribution < 1.29 is 13.0 Å². The average Bonchev–Trinajstić information content (AvgIpc) is 1.21. The Bertz CT molecular complexity index is 226. The van der Waals surface area contributed by atoms with Crippen LogP contribution in [0.25, 0.3) is 0 Å². The molecular weight excluding hydrogens is 196 g/mol. The van der Waals surface area contributed by atoms with Crippen molar-refractivity contribution in [2.75, 3.05) is 0 Å². The molecule has 0 rings (SSSR count). The largest absolute Gasteiger partial charge is 0.378 e. The first-order chi connectivity index (χ1) is 3.42. The summed E-state index contributed by atoms with van der Waals surface area (Å²) in [6.45, 7) is 0. The van der Waals surface area contributed by atoms with E-state index in [4.69, 9.17) is 0 Å². The quantitative estimate of drug-likeness (QED) is 0.598. The summed E-state index contributed by atoms with van der Waals surface area (Å²) in [5, 5.41) is 0. The molecule has 0 atom stereocenters. The lowest BCUT2D eigenvalue weighted by Gasteiger charge is -1.79. The SMILES string of the molecule is O=S(=O)=NP(=O)(Cl)Cl. The van der Waals surface area contributed by atoms with Gasteiger partial charge in [0.2, 0.25) is 0 Å². The fraction of sp³-hybridized carbons (Fsp3) is 0. The minimum atomic E-state index is -3.77. The Balaban J connectivity index is 4.62. The van der Waals surface area contributed by atoms with Gasteiger partial charge in [0.1, 0.15) is 0 Å². The molecule has 0 aromatic heterocycles. The fourth-order valence-corrected chi connectivity index (χ4v) is 1.61. The predicted octanol–water partition coefficient (Wildman–Crippen LogP) is 1.63. The molecule has 0 aliphatic rings. The maximum atomic E-state index is 10.00. The molecule has 8 heteroatoms. The highest BCUT2D eigenvalue weighted by Crippen LogP contribution is 2.57. The molecule has 0 aliphatic heterocycles. The fourth-order valence-electron chi connectivity index (χ4n) is 0.0776. The standard InChI is InChI=1S/Cl2NO3PS/c1-7(2,4)3-8(5)6. The third kappa shape index (κ3) is 6.43. The van der Waals surface area contributed by atoms with Gasteiger partial charge in [-0.25, -0.2) is 0 Å². The van der Waals surface area contributed by atoms with Crippen molar-refractivity contribution in [3.8, 4) is 0 Å². The monoisotopic (exact) mass is 195 g/mol. The summed E-state index contributed by atoms with van der Waals surface area (Å²) in [6, 6.07) is 0. The second-order valence-corrected chi connectivity index (χ2v) is 5.96. The maximum Gasteiger partial charge on any atom is 0.378 e. The van der Waals surface area contributed by atoms with E-state index in [1.165, 1.54) is 0 Å². The van der Waals surface area contributed by atoms with Crippen LogP contribution in [0.4, 0.5) is 0 Å². The second kappa shape index (κ2) is 2.82. The molecule has 0 radical (unpaired) electrons. The first-order valence-corrected chi connectivity index (χ1v) is 5.74. The van der Waals surface area contributed by atoms with E-state index in [9.17, 15) is 13.0 Å². The van der Waals surface area contributed by atoms with Gasteiger partial charge in [-0.05, 0) is 22.5 Å². The Kier molecular flexibility index (Phi) is 2.98. The van der Waals surface area contributed by atoms with Crippen molar-refractivity contribution >= 4 is 39.0 Å². The number of nitrogens with zero attached hydrogens (tertiary/aromatic N) is 1. The van der Waals surface area contributed by atoms with E-state index >= 15 is 0 Å². The van der Waals surface area contributed by atoms with E-state index in [1.54, 1.807) is 0 Å². The molecule has 0 bridgehead atoms. The minimum absolute atomic E-state index is 2.41. The number of hydrogen-bond donors (Lipinski definition) is 0. The molecule has 8 heavy (non-hydrogen) atoms. The lowest BCUT2D eigenvalue weighted by molar-refractivity contribution is 0.592. The Morgan fingerprint density at radius 3 is 1.75 bits per heavy atom. The highest BCUT2D eigenvalue weighted by atomic mass is 35.9. The summed E-state index contributed by atoms with van der Waals surface area (Å²) in [5.74, 6) is -3.77. The second-order valence-electron chi connectivity index (χ2n) is 0.733. The minimum Gasteiger partial charge on any atom is -0.261 e. The van der Waals surface area contributed by atoms with E-state index in [-0.39, 0.29) is 0 Å². The van der Waals surface area contributed by atoms with Crippen LogP contribution in [0.3, 0.4) is 0 Å². The highest BCUT2D eigenvalue weighted by molar-refractivity contribution is 8.09. The molecule has 0 saturated carbocycles. The third-order valence-electron chi connectivity index (χ3n) is 0.162. The van der Waals surface area contributed by atoms with Crippen LogP contribution in [0.1, 0.15) is 0 Å². The summed E-state index contributed by atoms with van der Waals surface area (Å²) in [5.41, 5.74) is 0. The number of hydrogen-bond acceptors (Lipinski definition) is 3. The van der Waals surface area contributed by atoms with Crippen LogP contribution in [0.5, 0.6) is 0 Å². The van der Waals surface area contributed by atoms with Crippen LogP contribution >= 0.6 is 28.5 Å². The first kappa shape index (κ1) is 8.43. The maximum absolute atomic E-state index is 10.00. The summed E-state index contributed by atoms with van der Waals surface area (Å²) >= 11 is 9.38. The Morgan fingerprint density at radius 1 is 1.38 bits per heavy atom. The molecule has 0 heterocycles. The molecule has 0 unspecified atom stereocenters. The topological polar surface area (TPSA) is 63.6 Å². The van der Waals surface area contributed by atoms with Crippen LogP contribution in [0.2, 0.25) is 0 Å². The smallest absolute Gasteiger partial charge is 0.261 e. The van der Waals surface area contributed by atoms with Gasteiger partial charge in [-0.3, -0.25) is 4.57 Å². The van der Waals surface area contributed by atoms with Gasteiger partial charge in [-0.2, -0.15) is 8.42 Å². The molecule has 0 amide bonds. The van der Waals surface area contributed by atoms with E-state index in [1.807, 2.05) is 0 Å². The summed E-state index contributed by atoms with van der Waals surface area (Å²) < 4.78 is 31.4. The molecule has 48 valence electrons. The summed E-state index contributed by atoms with van der Waals surface area (Å²) in [4.78, 5) is 0. The van der Waals surface area contributed by atoms with Crippen molar-refractivity contribution in [1.82, 2.24) is 0 Å². The molecular formula is Cl2NO3PS. The molecule has 4 nitrogen and oxygen atoms in total.